The van der Waals surface area contributed by atoms with Gasteiger partial charge in [0.05, 0.1) is 16.4 Å². The minimum absolute atomic E-state index is 0.124. The molecule has 0 spiro atoms. The van der Waals surface area contributed by atoms with Crippen LogP contribution in [0.5, 0.6) is 0 Å². The number of carbonyl (C=O) groups excluding carboxylic acids is 2. The lowest BCUT2D eigenvalue weighted by Crippen LogP contribution is -2.29. The van der Waals surface area contributed by atoms with Gasteiger partial charge in [-0.15, -0.1) is 0 Å². The molecule has 2 heterocycles. The van der Waals surface area contributed by atoms with Crippen LogP contribution in [0.25, 0.3) is 22.6 Å². The van der Waals surface area contributed by atoms with Gasteiger partial charge in [0, 0.05) is 32.5 Å². The fourth-order valence-corrected chi connectivity index (χ4v) is 5.31. The maximum atomic E-state index is 12.5. The van der Waals surface area contributed by atoms with Gasteiger partial charge < -0.3 is 18.9 Å². The van der Waals surface area contributed by atoms with Crippen LogP contribution in [0.1, 0.15) is 93.6 Å². The summed E-state index contributed by atoms with van der Waals surface area (Å²) < 4.78 is 22.8. The molecule has 0 bridgehead atoms. The number of fused-ring (bicyclic) bond motifs is 2. The van der Waals surface area contributed by atoms with Crippen LogP contribution in [0.2, 0.25) is 0 Å². The maximum absolute atomic E-state index is 12.5. The van der Waals surface area contributed by atoms with Gasteiger partial charge in [-0.25, -0.2) is 9.78 Å². The van der Waals surface area contributed by atoms with Gasteiger partial charge in [0.15, 0.2) is 33.5 Å². The van der Waals surface area contributed by atoms with Crippen LogP contribution in [-0.2, 0) is 34.7 Å². The molecule has 0 saturated heterocycles. The highest BCUT2D eigenvalue weighted by atomic mass is 31.2. The second-order valence-corrected chi connectivity index (χ2v) is 15.4. The van der Waals surface area contributed by atoms with Crippen LogP contribution in [0.3, 0.4) is 0 Å². The van der Waals surface area contributed by atoms with Crippen molar-refractivity contribution in [3.8, 4) is 11.5 Å². The van der Waals surface area contributed by atoms with Crippen molar-refractivity contribution in [3.63, 3.8) is 0 Å². The fraction of sp³-hybridized carbons (Fsp3) is 0.647. The van der Waals surface area contributed by atoms with Crippen LogP contribution >= 0.6 is 8.38 Å². The number of carbonyl (C=O) groups is 2. The summed E-state index contributed by atoms with van der Waals surface area (Å²) >= 11 is 0. The Morgan fingerprint density at radius 2 is 1.56 bits per heavy atom. The molecule has 0 radical (unpaired) electrons. The summed E-state index contributed by atoms with van der Waals surface area (Å²) in [6.07, 6.45) is 3.75. The molecular weight excluding hydrogens is 637 g/mol. The van der Waals surface area contributed by atoms with Crippen LogP contribution in [0.15, 0.2) is 21.7 Å². The number of ether oxygens (including phenoxy) is 2. The highest BCUT2D eigenvalue weighted by molar-refractivity contribution is 7.47. The highest BCUT2D eigenvalue weighted by Gasteiger charge is 2.24. The van der Waals surface area contributed by atoms with Gasteiger partial charge in [0.2, 0.25) is 0 Å². The zero-order valence-electron chi connectivity index (χ0n) is 30.9. The third-order valence-corrected chi connectivity index (χ3v) is 7.68. The van der Waals surface area contributed by atoms with Gasteiger partial charge in [0.1, 0.15) is 0 Å². The molecule has 2 aliphatic heterocycles. The van der Waals surface area contributed by atoms with Crippen molar-refractivity contribution < 1.29 is 28.1 Å². The highest BCUT2D eigenvalue weighted by Crippen LogP contribution is 2.39. The van der Waals surface area contributed by atoms with E-state index in [0.717, 1.165) is 42.5 Å². The SMILES string of the molecule is CC.CC(C)(C)C.Cc1cc2nc3c(=O)[nH]c(=O)nc-3n(CCCCCCP(OCOC=O)OCOC(=O)C(C)(C)C)c2cc1N(C)C. The Bertz CT molecular complexity index is 1520. The van der Waals surface area contributed by atoms with Gasteiger partial charge >= 0.3 is 11.7 Å². The number of aromatic amines is 1. The molecule has 2 aliphatic rings. The van der Waals surface area contributed by atoms with Gasteiger partial charge in [-0.1, -0.05) is 54.4 Å². The quantitative estimate of drug-likeness (QED) is 0.0456. The maximum Gasteiger partial charge on any atom is 0.349 e. The van der Waals surface area contributed by atoms with E-state index in [2.05, 4.69) is 47.4 Å². The molecule has 1 aromatic carbocycles. The smallest absolute Gasteiger partial charge is 0.349 e. The van der Waals surface area contributed by atoms with Crippen molar-refractivity contribution in [2.75, 3.05) is 38.7 Å². The van der Waals surface area contributed by atoms with Gasteiger partial charge in [-0.3, -0.25) is 28.4 Å². The number of rotatable bonds is 15. The van der Waals surface area contributed by atoms with Crippen LogP contribution in [0, 0.1) is 17.8 Å². The van der Waals surface area contributed by atoms with E-state index < -0.39 is 31.0 Å². The molecule has 13 nitrogen and oxygen atoms in total. The van der Waals surface area contributed by atoms with E-state index in [-0.39, 0.29) is 25.1 Å². The number of nitrogens with one attached hydrogen (secondary N) is 1. The molecule has 1 atom stereocenters. The monoisotopic (exact) mass is 693 g/mol. The predicted octanol–water partition coefficient (Wildman–Crippen LogP) is 6.62. The number of H-pyrrole nitrogens is 1. The molecule has 48 heavy (non-hydrogen) atoms. The summed E-state index contributed by atoms with van der Waals surface area (Å²) in [5.41, 5.74) is 2.15. The summed E-state index contributed by atoms with van der Waals surface area (Å²) in [5.74, 6) is -0.135. The summed E-state index contributed by atoms with van der Waals surface area (Å²) in [6.45, 7) is 20.3. The summed E-state index contributed by atoms with van der Waals surface area (Å²) in [4.78, 5) is 59.8. The van der Waals surface area contributed by atoms with Crippen molar-refractivity contribution in [2.45, 2.75) is 101 Å². The average molecular weight is 694 g/mol. The van der Waals surface area contributed by atoms with Gasteiger partial charge in [-0.05, 0) is 63.6 Å². The van der Waals surface area contributed by atoms with E-state index in [1.807, 2.05) is 56.5 Å². The van der Waals surface area contributed by atoms with Crippen molar-refractivity contribution in [2.24, 2.45) is 10.8 Å². The topological polar surface area (TPSA) is 155 Å². The molecule has 0 amide bonds. The second kappa shape index (κ2) is 20.2. The Morgan fingerprint density at radius 3 is 2.15 bits per heavy atom. The average Bonchev–Trinajstić information content (AvgIpc) is 2.97. The molecule has 0 aliphatic carbocycles. The summed E-state index contributed by atoms with van der Waals surface area (Å²) in [7, 11) is 2.47. The second-order valence-electron chi connectivity index (χ2n) is 13.7. The molecular formula is C34H56N5O8P. The standard InChI is InChI=1S/C27H38N5O8P.C5H12.C2H6/c1-18-13-19-21(14-20(18)31(5)6)32(23-22(28-19)24(34)30-26(36)29-23)11-9-7-8-10-12-41(39-16-37-15-33)40-17-38-25(35)27(2,3)4;1-5(2,3)4;1-2/h13-15H,7-12,16-17H2,1-6H3,(H,30,34,36);1-4H3;1-2H3. The van der Waals surface area contributed by atoms with E-state index in [4.69, 9.17) is 13.8 Å². The Kier molecular flexibility index (Phi) is 17.9. The number of hydrogen-bond acceptors (Lipinski definition) is 11. The van der Waals surface area contributed by atoms with Crippen molar-refractivity contribution in [1.82, 2.24) is 19.5 Å². The number of aryl methyl sites for hydroxylation is 2. The van der Waals surface area contributed by atoms with Crippen LogP contribution in [0.4, 0.5) is 5.69 Å². The van der Waals surface area contributed by atoms with Crippen molar-refractivity contribution >= 4 is 37.5 Å². The number of anilines is 1. The van der Waals surface area contributed by atoms with E-state index in [1.165, 1.54) is 0 Å². The first-order valence-electron chi connectivity index (χ1n) is 16.3. The van der Waals surface area contributed by atoms with Gasteiger partial charge in [-0.2, -0.15) is 4.98 Å². The van der Waals surface area contributed by atoms with E-state index >= 15 is 0 Å². The minimum Gasteiger partial charge on any atom is -0.440 e. The minimum atomic E-state index is -1.43. The number of aromatic nitrogens is 4. The molecule has 1 unspecified atom stereocenters. The normalized spacial score (nSPS) is 12.0. The first kappa shape index (κ1) is 42.6. The summed E-state index contributed by atoms with van der Waals surface area (Å²) in [5, 5.41) is 0. The zero-order chi connectivity index (χ0) is 36.7. The Morgan fingerprint density at radius 1 is 0.958 bits per heavy atom. The summed E-state index contributed by atoms with van der Waals surface area (Å²) in [6, 6.07) is 3.93. The molecule has 0 fully saturated rings. The lowest BCUT2D eigenvalue weighted by Gasteiger charge is -2.21. The Hall–Kier alpha value is -3.41. The lowest BCUT2D eigenvalue weighted by molar-refractivity contribution is -0.159. The molecule has 1 N–H and O–H groups in total. The predicted molar refractivity (Wildman–Crippen MR) is 191 cm³/mol. The Labute approximate surface area is 286 Å². The van der Waals surface area contributed by atoms with E-state index in [9.17, 15) is 19.2 Å². The molecule has 0 aromatic heterocycles. The third kappa shape index (κ3) is 14.8. The van der Waals surface area contributed by atoms with Crippen LogP contribution < -0.4 is 16.1 Å². The first-order valence-corrected chi connectivity index (χ1v) is 17.7. The van der Waals surface area contributed by atoms with Crippen molar-refractivity contribution in [3.05, 3.63) is 38.5 Å². The van der Waals surface area contributed by atoms with Gasteiger partial charge in [0.25, 0.3) is 12.0 Å². The van der Waals surface area contributed by atoms with E-state index in [1.54, 1.807) is 20.8 Å². The van der Waals surface area contributed by atoms with Crippen molar-refractivity contribution in [1.29, 1.82) is 0 Å². The molecule has 0 saturated carbocycles. The molecule has 3 rings (SSSR count). The molecule has 1 aromatic rings. The number of benzene rings is 1. The third-order valence-electron chi connectivity index (χ3n) is 6.21. The fourth-order valence-electron chi connectivity index (χ4n) is 4.15. The number of hydrogen-bond donors (Lipinski definition) is 1. The number of esters is 1. The number of unbranched alkanes of at least 4 members (excludes halogenated alkanes) is 3. The zero-order valence-corrected chi connectivity index (χ0v) is 31.8. The van der Waals surface area contributed by atoms with E-state index in [0.29, 0.717) is 30.1 Å². The Balaban J connectivity index is 0.00000150. The molecule has 14 heteroatoms. The first-order chi connectivity index (χ1) is 22.4. The lowest BCUT2D eigenvalue weighted by atomic mass is 9.98. The largest absolute Gasteiger partial charge is 0.440 e. The van der Waals surface area contributed by atoms with Crippen LogP contribution in [-0.4, -0.2) is 65.8 Å². The number of nitrogens with zero attached hydrogens (tertiary/aromatic N) is 4. The molecule has 270 valence electrons.